The van der Waals surface area contributed by atoms with Gasteiger partial charge in [0.25, 0.3) is 0 Å². The number of aliphatic hydroxyl groups is 1. The minimum Gasteiger partial charge on any atom is -0.493 e. The highest BCUT2D eigenvalue weighted by atomic mass is 35.5. The van der Waals surface area contributed by atoms with Crippen molar-refractivity contribution in [3.8, 4) is 5.75 Å². The van der Waals surface area contributed by atoms with Gasteiger partial charge < -0.3 is 15.2 Å². The first-order valence-corrected chi connectivity index (χ1v) is 7.61. The van der Waals surface area contributed by atoms with E-state index >= 15 is 0 Å². The monoisotopic (exact) mass is 293 g/mol. The zero-order chi connectivity index (χ0) is 13.9. The van der Waals surface area contributed by atoms with Crippen LogP contribution < -0.4 is 10.1 Å². The summed E-state index contributed by atoms with van der Waals surface area (Å²) in [6, 6.07) is 6.50. The second-order valence-corrected chi connectivity index (χ2v) is 6.00. The average molecular weight is 294 g/mol. The van der Waals surface area contributed by atoms with E-state index in [0.717, 1.165) is 31.6 Å². The van der Waals surface area contributed by atoms with Gasteiger partial charge in [0.1, 0.15) is 5.75 Å². The summed E-state index contributed by atoms with van der Waals surface area (Å²) in [6.07, 6.45) is 7.33. The first-order chi connectivity index (χ1) is 9.76. The normalized spacial score (nSPS) is 28.8. The molecule has 0 radical (unpaired) electrons. The van der Waals surface area contributed by atoms with Crippen molar-refractivity contribution in [2.24, 2.45) is 5.92 Å². The fourth-order valence-corrected chi connectivity index (χ4v) is 3.17. The molecular formula is C16H20ClNO2. The van der Waals surface area contributed by atoms with E-state index in [4.69, 9.17) is 16.3 Å². The summed E-state index contributed by atoms with van der Waals surface area (Å²) in [5.74, 6) is 1.19. The van der Waals surface area contributed by atoms with Crippen molar-refractivity contribution in [1.82, 2.24) is 5.32 Å². The van der Waals surface area contributed by atoms with Crippen LogP contribution in [0.2, 0.25) is 5.02 Å². The Labute approximate surface area is 124 Å². The summed E-state index contributed by atoms with van der Waals surface area (Å²) in [4.78, 5) is 0. The van der Waals surface area contributed by atoms with Gasteiger partial charge in [-0.2, -0.15) is 0 Å². The molecule has 0 spiro atoms. The van der Waals surface area contributed by atoms with Gasteiger partial charge in [0, 0.05) is 35.2 Å². The number of fused-ring (bicyclic) bond motifs is 1. The van der Waals surface area contributed by atoms with Gasteiger partial charge in [-0.25, -0.2) is 0 Å². The van der Waals surface area contributed by atoms with E-state index in [2.05, 4.69) is 23.5 Å². The molecule has 2 N–H and O–H groups in total. The Hall–Kier alpha value is -1.03. The lowest BCUT2D eigenvalue weighted by Crippen LogP contribution is -2.30. The van der Waals surface area contributed by atoms with Crippen molar-refractivity contribution in [2.45, 2.75) is 31.3 Å². The fraction of sp³-hybridized carbons (Fsp3) is 0.500. The van der Waals surface area contributed by atoms with E-state index in [0.29, 0.717) is 17.0 Å². The summed E-state index contributed by atoms with van der Waals surface area (Å²) in [7, 11) is 0. The smallest absolute Gasteiger partial charge is 0.125 e. The van der Waals surface area contributed by atoms with Crippen LogP contribution in [-0.4, -0.2) is 24.4 Å². The minimum absolute atomic E-state index is 0.231. The molecule has 3 rings (SSSR count). The lowest BCUT2D eigenvalue weighted by Gasteiger charge is -2.22. The van der Waals surface area contributed by atoms with Crippen LogP contribution in [0.15, 0.2) is 30.4 Å². The number of aliphatic hydroxyl groups excluding tert-OH is 1. The molecule has 3 atom stereocenters. The Balaban J connectivity index is 1.75. The lowest BCUT2D eigenvalue weighted by molar-refractivity contribution is 0.244. The standard InChI is InChI=1S/C16H20ClNO2/c17-12-4-6-14-15(2-1-7-20-16(14)9-12)18-13-5-3-11(8-13)10-19/h3-6,9,11,13,15,18-19H,1-2,7-8,10H2/t11-,13+,15?/m0/s1. The van der Waals surface area contributed by atoms with Gasteiger partial charge in [0.15, 0.2) is 0 Å². The molecule has 0 amide bonds. The Morgan fingerprint density at radius 1 is 1.35 bits per heavy atom. The van der Waals surface area contributed by atoms with E-state index in [1.54, 1.807) is 0 Å². The summed E-state index contributed by atoms with van der Waals surface area (Å²) < 4.78 is 5.78. The number of ether oxygens (including phenoxy) is 1. The molecule has 1 aliphatic carbocycles. The highest BCUT2D eigenvalue weighted by Gasteiger charge is 2.25. The quantitative estimate of drug-likeness (QED) is 0.842. The highest BCUT2D eigenvalue weighted by molar-refractivity contribution is 6.30. The molecule has 1 aromatic carbocycles. The Morgan fingerprint density at radius 3 is 3.05 bits per heavy atom. The van der Waals surface area contributed by atoms with Crippen LogP contribution >= 0.6 is 11.6 Å². The van der Waals surface area contributed by atoms with Crippen LogP contribution in [0.1, 0.15) is 30.9 Å². The summed E-state index contributed by atoms with van der Waals surface area (Å²) in [5.41, 5.74) is 1.19. The van der Waals surface area contributed by atoms with Gasteiger partial charge in [0.2, 0.25) is 0 Å². The van der Waals surface area contributed by atoms with Gasteiger partial charge in [-0.1, -0.05) is 29.8 Å². The lowest BCUT2D eigenvalue weighted by atomic mass is 10.00. The molecule has 0 aromatic heterocycles. The van der Waals surface area contributed by atoms with Crippen LogP contribution in [0.5, 0.6) is 5.75 Å². The van der Waals surface area contributed by atoms with E-state index in [1.165, 1.54) is 5.56 Å². The van der Waals surface area contributed by atoms with Crippen molar-refractivity contribution in [2.75, 3.05) is 13.2 Å². The van der Waals surface area contributed by atoms with Crippen LogP contribution in [0.3, 0.4) is 0 Å². The predicted molar refractivity (Wildman–Crippen MR) is 80.2 cm³/mol. The number of hydrogen-bond acceptors (Lipinski definition) is 3. The van der Waals surface area contributed by atoms with Gasteiger partial charge in [-0.05, 0) is 31.4 Å². The Morgan fingerprint density at radius 2 is 2.25 bits per heavy atom. The van der Waals surface area contributed by atoms with Crippen LogP contribution in [0.25, 0.3) is 0 Å². The highest BCUT2D eigenvalue weighted by Crippen LogP contribution is 2.34. The average Bonchev–Trinajstić information content (AvgIpc) is 2.81. The predicted octanol–water partition coefficient (Wildman–Crippen LogP) is 3.08. The second kappa shape index (κ2) is 6.17. The summed E-state index contributed by atoms with van der Waals surface area (Å²) in [6.45, 7) is 0.972. The Bertz CT molecular complexity index is 503. The van der Waals surface area contributed by atoms with Gasteiger partial charge in [-0.15, -0.1) is 0 Å². The number of nitrogens with one attached hydrogen (secondary N) is 1. The van der Waals surface area contributed by atoms with Gasteiger partial charge >= 0.3 is 0 Å². The first-order valence-electron chi connectivity index (χ1n) is 7.24. The molecule has 20 heavy (non-hydrogen) atoms. The molecule has 0 saturated carbocycles. The van der Waals surface area contributed by atoms with Gasteiger partial charge in [-0.3, -0.25) is 0 Å². The molecule has 0 saturated heterocycles. The van der Waals surface area contributed by atoms with Crippen LogP contribution in [0, 0.1) is 5.92 Å². The topological polar surface area (TPSA) is 41.5 Å². The van der Waals surface area contributed by atoms with Crippen molar-refractivity contribution in [3.63, 3.8) is 0 Å². The fourth-order valence-electron chi connectivity index (χ4n) is 3.01. The Kier molecular flexibility index (Phi) is 4.29. The third-order valence-corrected chi connectivity index (χ3v) is 4.30. The number of benzene rings is 1. The van der Waals surface area contributed by atoms with Crippen molar-refractivity contribution >= 4 is 11.6 Å². The van der Waals surface area contributed by atoms with E-state index in [1.807, 2.05) is 12.1 Å². The molecule has 0 fully saturated rings. The van der Waals surface area contributed by atoms with Gasteiger partial charge in [0.05, 0.1) is 6.61 Å². The molecule has 3 nitrogen and oxygen atoms in total. The van der Waals surface area contributed by atoms with E-state index in [-0.39, 0.29) is 12.6 Å². The molecule has 4 heteroatoms. The first kappa shape index (κ1) is 13.9. The maximum atomic E-state index is 9.21. The molecule has 1 heterocycles. The molecule has 0 bridgehead atoms. The number of halogens is 1. The second-order valence-electron chi connectivity index (χ2n) is 5.56. The third-order valence-electron chi connectivity index (χ3n) is 4.07. The zero-order valence-electron chi connectivity index (χ0n) is 11.4. The van der Waals surface area contributed by atoms with E-state index < -0.39 is 0 Å². The summed E-state index contributed by atoms with van der Waals surface area (Å²) in [5, 5.41) is 13.6. The molecule has 108 valence electrons. The number of hydrogen-bond donors (Lipinski definition) is 2. The summed E-state index contributed by atoms with van der Waals surface area (Å²) >= 11 is 6.05. The van der Waals surface area contributed by atoms with Crippen molar-refractivity contribution < 1.29 is 9.84 Å². The van der Waals surface area contributed by atoms with Crippen LogP contribution in [0.4, 0.5) is 0 Å². The SMILES string of the molecule is OC[C@H]1C=C[C@@H](NC2CCCOc3cc(Cl)ccc32)C1. The minimum atomic E-state index is 0.231. The van der Waals surface area contributed by atoms with Crippen molar-refractivity contribution in [3.05, 3.63) is 40.9 Å². The molecule has 2 aliphatic rings. The third kappa shape index (κ3) is 3.00. The largest absolute Gasteiger partial charge is 0.493 e. The molecule has 1 aliphatic heterocycles. The molecule has 1 aromatic rings. The maximum absolute atomic E-state index is 9.21. The van der Waals surface area contributed by atoms with Crippen LogP contribution in [-0.2, 0) is 0 Å². The molecule has 1 unspecified atom stereocenters. The van der Waals surface area contributed by atoms with Crippen molar-refractivity contribution in [1.29, 1.82) is 0 Å². The van der Waals surface area contributed by atoms with E-state index in [9.17, 15) is 5.11 Å². The zero-order valence-corrected chi connectivity index (χ0v) is 12.1. The molecular weight excluding hydrogens is 274 g/mol. The number of rotatable bonds is 3. The maximum Gasteiger partial charge on any atom is 0.125 e.